The lowest BCUT2D eigenvalue weighted by atomic mass is 10.2. The number of ether oxygens (including phenoxy) is 3. The molecule has 38 heavy (non-hydrogen) atoms. The SMILES string of the molecule is COC[C@H](NC(=O)[C@H](COC)N(Cc1oc(=O)oc1C)C(=O)c1cnc(C)s1)C(=O)OCc1ccccc1. The molecular formula is C25H29N3O9S. The standard InChI is InChI=1S/C25H29N3O9S/c1-15-20(37-25(32)36-15)11-28(23(30)21-10-26-16(2)38-21)19(14-34-4)22(29)27-18(13-33-3)24(31)35-12-17-8-6-5-7-9-17/h5-10,18-19H,11-14H2,1-4H3,(H,27,29)/t18-,19-/m0/s1. The second-order valence-corrected chi connectivity index (χ2v) is 9.43. The molecule has 2 heterocycles. The fourth-order valence-corrected chi connectivity index (χ4v) is 4.23. The molecule has 2 aromatic heterocycles. The van der Waals surface area contributed by atoms with E-state index < -0.39 is 35.7 Å². The zero-order chi connectivity index (χ0) is 27.7. The summed E-state index contributed by atoms with van der Waals surface area (Å²) in [6.45, 7) is 2.57. The van der Waals surface area contributed by atoms with E-state index >= 15 is 0 Å². The molecule has 1 N–H and O–H groups in total. The maximum absolute atomic E-state index is 13.5. The Labute approximate surface area is 222 Å². The summed E-state index contributed by atoms with van der Waals surface area (Å²) in [5.41, 5.74) is 0.772. The van der Waals surface area contributed by atoms with E-state index in [1.807, 2.05) is 18.2 Å². The number of hydrogen-bond acceptors (Lipinski definition) is 11. The largest absolute Gasteiger partial charge is 0.519 e. The molecule has 0 aliphatic carbocycles. The summed E-state index contributed by atoms with van der Waals surface area (Å²) in [6, 6.07) is 6.67. The van der Waals surface area contributed by atoms with Crippen molar-refractivity contribution >= 4 is 29.1 Å². The van der Waals surface area contributed by atoms with Crippen LogP contribution in [0.1, 0.15) is 31.8 Å². The molecule has 0 aliphatic heterocycles. The van der Waals surface area contributed by atoms with Gasteiger partial charge >= 0.3 is 11.8 Å². The number of thiazole rings is 1. The quantitative estimate of drug-likeness (QED) is 0.314. The number of carbonyl (C=O) groups excluding carboxylic acids is 3. The van der Waals surface area contributed by atoms with E-state index in [1.54, 1.807) is 19.1 Å². The van der Waals surface area contributed by atoms with E-state index in [0.717, 1.165) is 16.9 Å². The average Bonchev–Trinajstić information content (AvgIpc) is 3.48. The number of aromatic nitrogens is 1. The summed E-state index contributed by atoms with van der Waals surface area (Å²) in [7, 11) is 2.74. The molecule has 0 spiro atoms. The van der Waals surface area contributed by atoms with Crippen molar-refractivity contribution in [1.29, 1.82) is 0 Å². The lowest BCUT2D eigenvalue weighted by Crippen LogP contribution is -2.56. The fraction of sp³-hybridized carbons (Fsp3) is 0.400. The van der Waals surface area contributed by atoms with Crippen molar-refractivity contribution in [2.24, 2.45) is 0 Å². The molecule has 3 aromatic rings. The number of benzene rings is 1. The van der Waals surface area contributed by atoms with Crippen molar-refractivity contribution < 1.29 is 37.4 Å². The highest BCUT2D eigenvalue weighted by atomic mass is 32.1. The van der Waals surface area contributed by atoms with Crippen LogP contribution < -0.4 is 11.1 Å². The molecule has 12 nitrogen and oxygen atoms in total. The molecule has 204 valence electrons. The number of esters is 1. The van der Waals surface area contributed by atoms with Gasteiger partial charge in [0, 0.05) is 14.2 Å². The molecule has 2 amide bonds. The van der Waals surface area contributed by atoms with Crippen LogP contribution in [-0.4, -0.2) is 67.2 Å². The Morgan fingerprint density at radius 2 is 1.79 bits per heavy atom. The third-order valence-corrected chi connectivity index (χ3v) is 6.30. The molecule has 2 atom stereocenters. The number of nitrogens with one attached hydrogen (secondary N) is 1. The normalized spacial score (nSPS) is 12.5. The first kappa shape index (κ1) is 28.8. The van der Waals surface area contributed by atoms with Crippen LogP contribution >= 0.6 is 11.3 Å². The van der Waals surface area contributed by atoms with Crippen LogP contribution in [0.15, 0.2) is 50.2 Å². The van der Waals surface area contributed by atoms with E-state index in [1.165, 1.54) is 32.2 Å². The summed E-state index contributed by atoms with van der Waals surface area (Å²) < 4.78 is 25.7. The van der Waals surface area contributed by atoms with Crippen molar-refractivity contribution in [3.63, 3.8) is 0 Å². The third-order valence-electron chi connectivity index (χ3n) is 5.40. The fourth-order valence-electron chi connectivity index (χ4n) is 3.50. The zero-order valence-corrected chi connectivity index (χ0v) is 22.2. The Hall–Kier alpha value is -3.81. The first-order valence-corrected chi connectivity index (χ1v) is 12.4. The van der Waals surface area contributed by atoms with Crippen LogP contribution in [0.4, 0.5) is 0 Å². The Kier molecular flexibility index (Phi) is 10.3. The van der Waals surface area contributed by atoms with Gasteiger partial charge in [-0.1, -0.05) is 30.3 Å². The van der Waals surface area contributed by atoms with E-state index in [4.69, 9.17) is 23.0 Å². The van der Waals surface area contributed by atoms with Crippen LogP contribution in [0.3, 0.4) is 0 Å². The number of amides is 2. The number of nitrogens with zero attached hydrogens (tertiary/aromatic N) is 2. The molecule has 0 aliphatic rings. The van der Waals surface area contributed by atoms with Crippen molar-refractivity contribution in [2.45, 2.75) is 39.1 Å². The summed E-state index contributed by atoms with van der Waals surface area (Å²) in [6.07, 6.45) is 1.39. The van der Waals surface area contributed by atoms with Gasteiger partial charge < -0.3 is 33.3 Å². The average molecular weight is 548 g/mol. The predicted octanol–water partition coefficient (Wildman–Crippen LogP) is 1.84. The molecule has 3 rings (SSSR count). The molecule has 0 fully saturated rings. The van der Waals surface area contributed by atoms with Gasteiger partial charge in [0.25, 0.3) is 5.91 Å². The van der Waals surface area contributed by atoms with E-state index in [2.05, 4.69) is 10.3 Å². The number of aryl methyl sites for hydroxylation is 2. The molecule has 0 bridgehead atoms. The minimum Gasteiger partial charge on any atom is -0.459 e. The Bertz CT molecular complexity index is 1280. The van der Waals surface area contributed by atoms with Gasteiger partial charge in [-0.3, -0.25) is 9.59 Å². The molecule has 0 saturated heterocycles. The second-order valence-electron chi connectivity index (χ2n) is 8.19. The summed E-state index contributed by atoms with van der Waals surface area (Å²) >= 11 is 1.14. The van der Waals surface area contributed by atoms with E-state index in [9.17, 15) is 19.2 Å². The van der Waals surface area contributed by atoms with Crippen molar-refractivity contribution in [3.05, 3.63) is 74.1 Å². The second kappa shape index (κ2) is 13.7. The highest BCUT2D eigenvalue weighted by Gasteiger charge is 2.35. The molecule has 0 unspecified atom stereocenters. The Morgan fingerprint density at radius 3 is 2.37 bits per heavy atom. The lowest BCUT2D eigenvalue weighted by molar-refractivity contribution is -0.151. The third kappa shape index (κ3) is 7.60. The topological polar surface area (TPSA) is 150 Å². The minimum absolute atomic E-state index is 0.00535. The summed E-state index contributed by atoms with van der Waals surface area (Å²) in [5.74, 6) is -2.68. The smallest absolute Gasteiger partial charge is 0.459 e. The van der Waals surface area contributed by atoms with Gasteiger partial charge in [0.05, 0.1) is 31.0 Å². The predicted molar refractivity (Wildman–Crippen MR) is 134 cm³/mol. The van der Waals surface area contributed by atoms with E-state index in [0.29, 0.717) is 5.01 Å². The molecule has 1 aromatic carbocycles. The van der Waals surface area contributed by atoms with Crippen LogP contribution in [-0.2, 0) is 37.0 Å². The van der Waals surface area contributed by atoms with Crippen molar-refractivity contribution in [2.75, 3.05) is 27.4 Å². The maximum atomic E-state index is 13.5. The van der Waals surface area contributed by atoms with Crippen molar-refractivity contribution in [1.82, 2.24) is 15.2 Å². The maximum Gasteiger partial charge on any atom is 0.519 e. The summed E-state index contributed by atoms with van der Waals surface area (Å²) in [5, 5.41) is 3.24. The van der Waals surface area contributed by atoms with Gasteiger partial charge in [-0.25, -0.2) is 14.6 Å². The van der Waals surface area contributed by atoms with Crippen LogP contribution in [0.25, 0.3) is 0 Å². The number of hydrogen-bond donors (Lipinski definition) is 1. The highest BCUT2D eigenvalue weighted by molar-refractivity contribution is 7.13. The van der Waals surface area contributed by atoms with E-state index in [-0.39, 0.29) is 42.8 Å². The minimum atomic E-state index is -1.23. The monoisotopic (exact) mass is 547 g/mol. The first-order valence-electron chi connectivity index (χ1n) is 11.5. The number of rotatable bonds is 13. The van der Waals surface area contributed by atoms with Gasteiger partial charge in [-0.15, -0.1) is 11.3 Å². The Balaban J connectivity index is 1.84. The van der Waals surface area contributed by atoms with Gasteiger partial charge in [-0.2, -0.15) is 0 Å². The van der Waals surface area contributed by atoms with Gasteiger partial charge in [0.1, 0.15) is 23.3 Å². The number of carbonyl (C=O) groups is 3. The van der Waals surface area contributed by atoms with Crippen molar-refractivity contribution in [3.8, 4) is 0 Å². The number of methoxy groups -OCH3 is 2. The van der Waals surface area contributed by atoms with Crippen LogP contribution in [0, 0.1) is 13.8 Å². The zero-order valence-electron chi connectivity index (χ0n) is 21.4. The molecule has 13 heteroatoms. The van der Waals surface area contributed by atoms with Crippen LogP contribution in [0.2, 0.25) is 0 Å². The molecular weight excluding hydrogens is 518 g/mol. The lowest BCUT2D eigenvalue weighted by Gasteiger charge is -2.30. The van der Waals surface area contributed by atoms with Gasteiger partial charge in [-0.05, 0) is 19.4 Å². The summed E-state index contributed by atoms with van der Waals surface area (Å²) in [4.78, 5) is 56.9. The highest BCUT2D eigenvalue weighted by Crippen LogP contribution is 2.20. The molecule has 0 radical (unpaired) electrons. The van der Waals surface area contributed by atoms with Gasteiger partial charge in [0.15, 0.2) is 11.8 Å². The Morgan fingerprint density at radius 1 is 1.08 bits per heavy atom. The first-order chi connectivity index (χ1) is 18.2. The van der Waals surface area contributed by atoms with Gasteiger partial charge in [0.2, 0.25) is 5.91 Å². The van der Waals surface area contributed by atoms with Crippen LogP contribution in [0.5, 0.6) is 0 Å². The molecule has 0 saturated carbocycles.